The molecule has 0 amide bonds. The van der Waals surface area contributed by atoms with Crippen LogP contribution in [-0.4, -0.2) is 96.7 Å². The molecule has 5 atom stereocenters. The second-order valence-electron chi connectivity index (χ2n) is 26.6. The highest BCUT2D eigenvalue weighted by molar-refractivity contribution is 7.47. The molecule has 0 aliphatic heterocycles. The van der Waals surface area contributed by atoms with Gasteiger partial charge in [0.2, 0.25) is 0 Å². The van der Waals surface area contributed by atoms with Crippen LogP contribution in [0.2, 0.25) is 0 Å². The van der Waals surface area contributed by atoms with Gasteiger partial charge < -0.3 is 33.8 Å². The van der Waals surface area contributed by atoms with E-state index in [9.17, 15) is 43.2 Å². The Hall–Kier alpha value is -1.94. The van der Waals surface area contributed by atoms with E-state index < -0.39 is 97.5 Å². The fourth-order valence-corrected chi connectivity index (χ4v) is 12.3. The molecule has 534 valence electrons. The fraction of sp³-hybridized carbons (Fsp3) is 0.944. The van der Waals surface area contributed by atoms with Crippen LogP contribution in [0.3, 0.4) is 0 Å². The average molecular weight is 1330 g/mol. The summed E-state index contributed by atoms with van der Waals surface area (Å²) < 4.78 is 68.3. The van der Waals surface area contributed by atoms with Crippen molar-refractivity contribution in [1.29, 1.82) is 0 Å². The summed E-state index contributed by atoms with van der Waals surface area (Å²) in [5.41, 5.74) is 0. The maximum Gasteiger partial charge on any atom is 0.472 e. The summed E-state index contributed by atoms with van der Waals surface area (Å²) in [5.74, 6) is -0.625. The Morgan fingerprint density at radius 2 is 0.511 bits per heavy atom. The largest absolute Gasteiger partial charge is 0.472 e. The molecule has 0 rings (SSSR count). The van der Waals surface area contributed by atoms with Crippen molar-refractivity contribution in [3.05, 3.63) is 0 Å². The van der Waals surface area contributed by atoms with Crippen molar-refractivity contribution in [2.75, 3.05) is 39.6 Å². The maximum absolute atomic E-state index is 13.0. The number of rotatable bonds is 70. The summed E-state index contributed by atoms with van der Waals surface area (Å²) >= 11 is 0. The lowest BCUT2D eigenvalue weighted by molar-refractivity contribution is -0.161. The van der Waals surface area contributed by atoms with Gasteiger partial charge in [0, 0.05) is 25.7 Å². The fourth-order valence-electron chi connectivity index (χ4n) is 10.8. The third kappa shape index (κ3) is 64.8. The number of aliphatic hydroxyl groups excluding tert-OH is 1. The van der Waals surface area contributed by atoms with E-state index in [4.69, 9.17) is 37.0 Å². The van der Waals surface area contributed by atoms with Crippen molar-refractivity contribution in [1.82, 2.24) is 0 Å². The molecule has 0 radical (unpaired) electrons. The Morgan fingerprint density at radius 3 is 0.756 bits per heavy atom. The summed E-state index contributed by atoms with van der Waals surface area (Å²) in [5, 5.41) is 10.6. The number of hydrogen-bond donors (Lipinski definition) is 3. The van der Waals surface area contributed by atoms with Gasteiger partial charge in [0.15, 0.2) is 12.2 Å². The second-order valence-corrected chi connectivity index (χ2v) is 29.5. The molecule has 0 aromatic rings. The van der Waals surface area contributed by atoms with Crippen molar-refractivity contribution in [3.63, 3.8) is 0 Å². The molecular weight excluding hydrogens is 1190 g/mol. The van der Waals surface area contributed by atoms with Crippen molar-refractivity contribution in [2.24, 2.45) is 11.8 Å². The first-order valence-corrected chi connectivity index (χ1v) is 40.0. The Labute approximate surface area is 549 Å². The Kier molecular flexibility index (Phi) is 61.8. The van der Waals surface area contributed by atoms with Gasteiger partial charge in [-0.25, -0.2) is 9.13 Å². The van der Waals surface area contributed by atoms with Crippen LogP contribution < -0.4 is 0 Å². The minimum absolute atomic E-state index is 0.104. The Bertz CT molecular complexity index is 1750. The number of phosphoric acid groups is 2. The lowest BCUT2D eigenvalue weighted by Gasteiger charge is -2.21. The number of aliphatic hydroxyl groups is 1. The van der Waals surface area contributed by atoms with E-state index in [-0.39, 0.29) is 25.7 Å². The quantitative estimate of drug-likeness (QED) is 0.0222. The van der Waals surface area contributed by atoms with Crippen LogP contribution in [-0.2, 0) is 65.4 Å². The molecule has 19 heteroatoms. The standard InChI is InChI=1S/C71H138O17P2/c1-7-9-11-13-15-17-18-19-20-21-22-27-30-37-43-49-55-70(75)87-67(60-82-69(74)54-48-42-36-29-26-24-23-25-28-33-39-45-51-63(3)4)62-86-90(79,80)84-58-65(72)57-83-89(77,78)85-61-66(59-81-68(73)53-47-41-35-16-14-12-10-8-2)88-71(76)56-50-44-38-32-31-34-40-46-52-64(5)6/h63-67,72H,7-62H2,1-6H3,(H,77,78)(H,79,80)/t65-,66+,67+/m0/s1. The van der Waals surface area contributed by atoms with Crippen molar-refractivity contribution < 1.29 is 80.2 Å². The average Bonchev–Trinajstić information content (AvgIpc) is 3.62. The molecule has 0 heterocycles. The van der Waals surface area contributed by atoms with Gasteiger partial charge in [0.05, 0.1) is 26.4 Å². The van der Waals surface area contributed by atoms with Crippen LogP contribution in [0.5, 0.6) is 0 Å². The monoisotopic (exact) mass is 1320 g/mol. The van der Waals surface area contributed by atoms with Gasteiger partial charge >= 0.3 is 39.5 Å². The maximum atomic E-state index is 13.0. The lowest BCUT2D eigenvalue weighted by Crippen LogP contribution is -2.30. The number of carbonyl (C=O) groups is 4. The predicted octanol–water partition coefficient (Wildman–Crippen LogP) is 20.4. The number of unbranched alkanes of at least 4 members (excludes halogenated alkanes) is 40. The molecule has 0 aromatic carbocycles. The lowest BCUT2D eigenvalue weighted by atomic mass is 10.0. The molecule has 0 saturated heterocycles. The topological polar surface area (TPSA) is 237 Å². The molecule has 90 heavy (non-hydrogen) atoms. The van der Waals surface area contributed by atoms with Crippen LogP contribution in [0.1, 0.15) is 363 Å². The summed E-state index contributed by atoms with van der Waals surface area (Å²) in [6.45, 7) is 9.50. The van der Waals surface area contributed by atoms with Gasteiger partial charge in [0.1, 0.15) is 19.3 Å². The zero-order valence-electron chi connectivity index (χ0n) is 58.4. The molecule has 0 spiro atoms. The van der Waals surface area contributed by atoms with Gasteiger partial charge in [-0.05, 0) is 37.5 Å². The van der Waals surface area contributed by atoms with Gasteiger partial charge in [-0.3, -0.25) is 37.3 Å². The van der Waals surface area contributed by atoms with E-state index in [1.807, 2.05) is 0 Å². The number of hydrogen-bond acceptors (Lipinski definition) is 15. The number of esters is 4. The van der Waals surface area contributed by atoms with Gasteiger partial charge in [0.25, 0.3) is 0 Å². The molecule has 0 fully saturated rings. The molecule has 0 aliphatic rings. The van der Waals surface area contributed by atoms with Crippen molar-refractivity contribution in [3.8, 4) is 0 Å². The minimum atomic E-state index is -4.95. The first-order chi connectivity index (χ1) is 43.4. The minimum Gasteiger partial charge on any atom is -0.462 e. The van der Waals surface area contributed by atoms with Crippen LogP contribution in [0, 0.1) is 11.8 Å². The number of carbonyl (C=O) groups excluding carboxylic acids is 4. The summed E-state index contributed by atoms with van der Waals surface area (Å²) in [6.07, 6.45) is 48.6. The van der Waals surface area contributed by atoms with E-state index in [0.29, 0.717) is 25.7 Å². The molecule has 0 bridgehead atoms. The highest BCUT2D eigenvalue weighted by atomic mass is 31.2. The third-order valence-electron chi connectivity index (χ3n) is 16.5. The van der Waals surface area contributed by atoms with Gasteiger partial charge in [-0.2, -0.15) is 0 Å². The number of ether oxygens (including phenoxy) is 4. The van der Waals surface area contributed by atoms with E-state index >= 15 is 0 Å². The summed E-state index contributed by atoms with van der Waals surface area (Å²) in [7, 11) is -9.90. The molecule has 0 aromatic heterocycles. The highest BCUT2D eigenvalue weighted by Gasteiger charge is 2.30. The van der Waals surface area contributed by atoms with Gasteiger partial charge in [-0.15, -0.1) is 0 Å². The number of phosphoric ester groups is 2. The second kappa shape index (κ2) is 63.1. The zero-order chi connectivity index (χ0) is 66.5. The molecule has 2 unspecified atom stereocenters. The van der Waals surface area contributed by atoms with Crippen LogP contribution in [0.4, 0.5) is 0 Å². The molecule has 0 saturated carbocycles. The first-order valence-electron chi connectivity index (χ1n) is 37.0. The SMILES string of the molecule is CCCCCCCCCCCCCCCCCCC(=O)O[C@H](COC(=O)CCCCCCCCCCCCCCC(C)C)COP(=O)(O)OC[C@@H](O)COP(=O)(O)OC[C@@H](COC(=O)CCCCCCCCCC)OC(=O)CCCCCCCCCCC(C)C. The molecule has 0 aliphatic carbocycles. The Balaban J connectivity index is 5.22. The first kappa shape index (κ1) is 88.1. The summed E-state index contributed by atoms with van der Waals surface area (Å²) in [6, 6.07) is 0. The van der Waals surface area contributed by atoms with Crippen LogP contribution >= 0.6 is 15.6 Å². The normalized spacial score (nSPS) is 14.1. The van der Waals surface area contributed by atoms with Crippen LogP contribution in [0.25, 0.3) is 0 Å². The molecular formula is C71H138O17P2. The highest BCUT2D eigenvalue weighted by Crippen LogP contribution is 2.45. The van der Waals surface area contributed by atoms with E-state index in [1.54, 1.807) is 0 Å². The van der Waals surface area contributed by atoms with Crippen molar-refractivity contribution in [2.45, 2.75) is 381 Å². The summed E-state index contributed by atoms with van der Waals surface area (Å²) in [4.78, 5) is 72.5. The predicted molar refractivity (Wildman–Crippen MR) is 363 cm³/mol. The van der Waals surface area contributed by atoms with E-state index in [2.05, 4.69) is 41.5 Å². The zero-order valence-corrected chi connectivity index (χ0v) is 60.2. The van der Waals surface area contributed by atoms with E-state index in [0.717, 1.165) is 108 Å². The third-order valence-corrected chi connectivity index (χ3v) is 18.4. The Morgan fingerprint density at radius 1 is 0.300 bits per heavy atom. The molecule has 3 N–H and O–H groups in total. The van der Waals surface area contributed by atoms with Crippen LogP contribution in [0.15, 0.2) is 0 Å². The van der Waals surface area contributed by atoms with Crippen molar-refractivity contribution >= 4 is 39.5 Å². The smallest absolute Gasteiger partial charge is 0.462 e. The van der Waals surface area contributed by atoms with Gasteiger partial charge in [-0.1, -0.05) is 311 Å². The molecule has 17 nitrogen and oxygen atoms in total. The van der Waals surface area contributed by atoms with E-state index in [1.165, 1.54) is 173 Å².